The van der Waals surface area contributed by atoms with Gasteiger partial charge in [-0.2, -0.15) is 8.75 Å². The number of aromatic nitrogens is 2. The number of hydrogen-bond donors (Lipinski definition) is 1. The van der Waals surface area contributed by atoms with Crippen LogP contribution in [0.5, 0.6) is 11.5 Å². The molecule has 0 aliphatic rings. The van der Waals surface area contributed by atoms with E-state index < -0.39 is 0 Å². The molecule has 0 saturated carbocycles. The fraction of sp³-hybridized carbons (Fsp3) is 0.385. The number of anilines is 1. The van der Waals surface area contributed by atoms with Crippen molar-refractivity contribution >= 4 is 33.5 Å². The van der Waals surface area contributed by atoms with Crippen molar-refractivity contribution in [2.75, 3.05) is 26.1 Å². The third-order valence-electron chi connectivity index (χ3n) is 2.77. The summed E-state index contributed by atoms with van der Waals surface area (Å²) in [5, 5.41) is 3.28. The van der Waals surface area contributed by atoms with Crippen molar-refractivity contribution < 1.29 is 9.47 Å². The summed E-state index contributed by atoms with van der Waals surface area (Å²) < 4.78 is 20.2. The van der Waals surface area contributed by atoms with E-state index in [2.05, 4.69) is 36.9 Å². The van der Waals surface area contributed by atoms with Crippen LogP contribution in [0.15, 0.2) is 16.6 Å². The van der Waals surface area contributed by atoms with Gasteiger partial charge in [0.05, 0.1) is 25.9 Å². The fourth-order valence-electron chi connectivity index (χ4n) is 1.81. The van der Waals surface area contributed by atoms with Gasteiger partial charge >= 0.3 is 0 Å². The Morgan fingerprint density at radius 1 is 1.25 bits per heavy atom. The normalized spacial score (nSPS) is 10.4. The predicted molar refractivity (Wildman–Crippen MR) is 84.9 cm³/mol. The van der Waals surface area contributed by atoms with Crippen molar-refractivity contribution in [2.24, 2.45) is 0 Å². The molecule has 2 aromatic rings. The number of ether oxygens (including phenoxy) is 2. The molecule has 7 heteroatoms. The minimum absolute atomic E-state index is 0.691. The molecule has 108 valence electrons. The Labute approximate surface area is 130 Å². The van der Waals surface area contributed by atoms with E-state index in [0.29, 0.717) is 5.75 Å². The molecule has 0 amide bonds. The van der Waals surface area contributed by atoms with Crippen molar-refractivity contribution in [3.8, 4) is 22.8 Å². The minimum atomic E-state index is 0.691. The van der Waals surface area contributed by atoms with Gasteiger partial charge in [0.15, 0.2) is 5.82 Å². The Balaban J connectivity index is 2.47. The second kappa shape index (κ2) is 6.90. The van der Waals surface area contributed by atoms with Crippen LogP contribution in [0.1, 0.15) is 13.3 Å². The molecule has 0 atom stereocenters. The lowest BCUT2D eigenvalue weighted by molar-refractivity contribution is 0.390. The summed E-state index contributed by atoms with van der Waals surface area (Å²) >= 11 is 4.68. The average molecular weight is 358 g/mol. The maximum atomic E-state index is 5.48. The van der Waals surface area contributed by atoms with Crippen LogP contribution in [-0.4, -0.2) is 29.5 Å². The number of benzene rings is 1. The molecule has 1 N–H and O–H groups in total. The van der Waals surface area contributed by atoms with Crippen LogP contribution in [0, 0.1) is 0 Å². The highest BCUT2D eigenvalue weighted by atomic mass is 79.9. The molecule has 0 spiro atoms. The maximum absolute atomic E-state index is 5.48. The van der Waals surface area contributed by atoms with Gasteiger partial charge in [-0.1, -0.05) is 6.92 Å². The quantitative estimate of drug-likeness (QED) is 0.851. The zero-order chi connectivity index (χ0) is 14.5. The molecule has 0 bridgehead atoms. The van der Waals surface area contributed by atoms with E-state index in [1.54, 1.807) is 14.2 Å². The Morgan fingerprint density at radius 2 is 2.05 bits per heavy atom. The average Bonchev–Trinajstić information content (AvgIpc) is 2.92. The summed E-state index contributed by atoms with van der Waals surface area (Å²) in [5.41, 5.74) is 1.68. The molecule has 0 aliphatic carbocycles. The van der Waals surface area contributed by atoms with Crippen molar-refractivity contribution in [1.82, 2.24) is 8.75 Å². The minimum Gasteiger partial charge on any atom is -0.495 e. The topological polar surface area (TPSA) is 56.3 Å². The fourth-order valence-corrected chi connectivity index (χ4v) is 3.02. The van der Waals surface area contributed by atoms with Gasteiger partial charge in [-0.25, -0.2) is 0 Å². The molecule has 5 nitrogen and oxygen atoms in total. The van der Waals surface area contributed by atoms with Crippen LogP contribution >= 0.6 is 27.7 Å². The van der Waals surface area contributed by atoms with Gasteiger partial charge in [-0.05, 0) is 34.5 Å². The van der Waals surface area contributed by atoms with E-state index in [9.17, 15) is 0 Å². The summed E-state index contributed by atoms with van der Waals surface area (Å²) in [5.74, 6) is 2.20. The number of nitrogens with one attached hydrogen (secondary N) is 1. The molecule has 20 heavy (non-hydrogen) atoms. The number of methoxy groups -OCH3 is 2. The molecule has 0 saturated heterocycles. The largest absolute Gasteiger partial charge is 0.495 e. The highest BCUT2D eigenvalue weighted by molar-refractivity contribution is 9.10. The summed E-state index contributed by atoms with van der Waals surface area (Å²) in [6, 6.07) is 3.81. The van der Waals surface area contributed by atoms with Crippen molar-refractivity contribution in [3.63, 3.8) is 0 Å². The Hall–Kier alpha value is -1.34. The molecular weight excluding hydrogens is 342 g/mol. The lowest BCUT2D eigenvalue weighted by Gasteiger charge is -2.13. The Kier molecular flexibility index (Phi) is 5.19. The van der Waals surface area contributed by atoms with Crippen LogP contribution in [-0.2, 0) is 0 Å². The molecule has 0 radical (unpaired) electrons. The van der Waals surface area contributed by atoms with Crippen LogP contribution in [0.3, 0.4) is 0 Å². The van der Waals surface area contributed by atoms with Crippen molar-refractivity contribution in [1.29, 1.82) is 0 Å². The smallest absolute Gasteiger partial charge is 0.168 e. The Bertz CT molecular complexity index is 589. The standard InChI is InChI=1S/C13H16BrN3O2S/c1-4-7-15-13-11(16-20-17-13)8-5-6-9(18-2)10(14)12(8)19-3/h5-6H,4,7H2,1-3H3,(H,15,17). The first-order valence-electron chi connectivity index (χ1n) is 6.20. The summed E-state index contributed by atoms with van der Waals surface area (Å²) in [7, 11) is 3.25. The van der Waals surface area contributed by atoms with Gasteiger partial charge < -0.3 is 14.8 Å². The van der Waals surface area contributed by atoms with E-state index in [0.717, 1.165) is 40.3 Å². The number of hydrogen-bond acceptors (Lipinski definition) is 6. The highest BCUT2D eigenvalue weighted by Gasteiger charge is 2.19. The van der Waals surface area contributed by atoms with Crippen LogP contribution < -0.4 is 14.8 Å². The molecule has 0 fully saturated rings. The zero-order valence-corrected chi connectivity index (χ0v) is 14.0. The maximum Gasteiger partial charge on any atom is 0.168 e. The first-order chi connectivity index (χ1) is 9.72. The monoisotopic (exact) mass is 357 g/mol. The zero-order valence-electron chi connectivity index (χ0n) is 11.6. The SMILES string of the molecule is CCCNc1nsnc1-c1ccc(OC)c(Br)c1OC. The van der Waals surface area contributed by atoms with Crippen molar-refractivity contribution in [3.05, 3.63) is 16.6 Å². The second-order valence-corrected chi connectivity index (χ2v) is 5.37. The van der Waals surface area contributed by atoms with Crippen LogP contribution in [0.25, 0.3) is 11.3 Å². The number of nitrogens with zero attached hydrogens (tertiary/aromatic N) is 2. The van der Waals surface area contributed by atoms with Crippen LogP contribution in [0.2, 0.25) is 0 Å². The summed E-state index contributed by atoms with van der Waals surface area (Å²) in [6.07, 6.45) is 1.03. The first-order valence-corrected chi connectivity index (χ1v) is 7.72. The summed E-state index contributed by atoms with van der Waals surface area (Å²) in [4.78, 5) is 0. The van der Waals surface area contributed by atoms with Gasteiger partial charge in [0, 0.05) is 12.1 Å². The van der Waals surface area contributed by atoms with Crippen LogP contribution in [0.4, 0.5) is 5.82 Å². The molecule has 0 aliphatic heterocycles. The van der Waals surface area contributed by atoms with E-state index in [1.807, 2.05) is 12.1 Å². The second-order valence-electron chi connectivity index (χ2n) is 4.05. The van der Waals surface area contributed by atoms with E-state index >= 15 is 0 Å². The number of halogens is 1. The van der Waals surface area contributed by atoms with Gasteiger partial charge in [0.25, 0.3) is 0 Å². The summed E-state index contributed by atoms with van der Waals surface area (Å²) in [6.45, 7) is 2.97. The van der Waals surface area contributed by atoms with E-state index in [1.165, 1.54) is 11.7 Å². The van der Waals surface area contributed by atoms with Gasteiger partial charge in [-0.15, -0.1) is 0 Å². The van der Waals surface area contributed by atoms with E-state index in [4.69, 9.17) is 9.47 Å². The number of rotatable bonds is 6. The molecule has 1 aromatic carbocycles. The lowest BCUT2D eigenvalue weighted by Crippen LogP contribution is -2.02. The Morgan fingerprint density at radius 3 is 2.70 bits per heavy atom. The van der Waals surface area contributed by atoms with Gasteiger partial charge in [-0.3, -0.25) is 0 Å². The molecule has 1 heterocycles. The lowest BCUT2D eigenvalue weighted by atomic mass is 10.1. The van der Waals surface area contributed by atoms with Gasteiger partial charge in [0.1, 0.15) is 21.7 Å². The third kappa shape index (κ3) is 2.88. The highest BCUT2D eigenvalue weighted by Crippen LogP contribution is 2.43. The molecule has 0 unspecified atom stereocenters. The predicted octanol–water partition coefficient (Wildman–Crippen LogP) is 3.81. The molecule has 2 rings (SSSR count). The van der Waals surface area contributed by atoms with Gasteiger partial charge in [0.2, 0.25) is 0 Å². The molecule has 1 aromatic heterocycles. The van der Waals surface area contributed by atoms with Crippen molar-refractivity contribution in [2.45, 2.75) is 13.3 Å². The third-order valence-corrected chi connectivity index (χ3v) is 4.05. The van der Waals surface area contributed by atoms with E-state index in [-0.39, 0.29) is 0 Å². The first kappa shape index (κ1) is 15.1. The molecular formula is C13H16BrN3O2S.